The van der Waals surface area contributed by atoms with E-state index in [4.69, 9.17) is 14.6 Å². The normalized spacial score (nSPS) is 11.0. The first-order valence-electron chi connectivity index (χ1n) is 12.7. The second kappa shape index (κ2) is 12.9. The first-order chi connectivity index (χ1) is 18.6. The van der Waals surface area contributed by atoms with E-state index in [1.807, 2.05) is 73.8 Å². The standard InChI is InChI=1S/C31H30N4O3/c1-3-5-18-38-29-13-9-10-23(20-29)30-25(22-35(34-30)27-11-7-6-8-12-27)19-24(21-32)31(36)33-26-14-16-28(17-15-26)37-4-2/h6-17,19-20,22H,3-5,18H2,1-2H3,(H,33,36). The van der Waals surface area contributed by atoms with Crippen LogP contribution in [0.4, 0.5) is 5.69 Å². The molecule has 3 aromatic carbocycles. The molecular formula is C31H30N4O3. The third-order valence-corrected chi connectivity index (χ3v) is 5.73. The molecule has 0 radical (unpaired) electrons. The Morgan fingerprint density at radius 1 is 1.00 bits per heavy atom. The van der Waals surface area contributed by atoms with Gasteiger partial charge in [0.1, 0.15) is 28.8 Å². The van der Waals surface area contributed by atoms with Crippen molar-refractivity contribution < 1.29 is 14.3 Å². The van der Waals surface area contributed by atoms with Gasteiger partial charge in [-0.25, -0.2) is 4.68 Å². The maximum atomic E-state index is 13.0. The second-order valence-corrected chi connectivity index (χ2v) is 8.52. The lowest BCUT2D eigenvalue weighted by Crippen LogP contribution is -2.13. The SMILES string of the molecule is CCCCOc1cccc(-c2nn(-c3ccccc3)cc2C=C(C#N)C(=O)Nc2ccc(OCC)cc2)c1. The number of rotatable bonds is 11. The lowest BCUT2D eigenvalue weighted by atomic mass is 10.1. The highest BCUT2D eigenvalue weighted by molar-refractivity contribution is 6.10. The maximum Gasteiger partial charge on any atom is 0.266 e. The minimum Gasteiger partial charge on any atom is -0.494 e. The quantitative estimate of drug-likeness (QED) is 0.140. The number of nitrogens with zero attached hydrogens (tertiary/aromatic N) is 3. The predicted molar refractivity (Wildman–Crippen MR) is 149 cm³/mol. The summed E-state index contributed by atoms with van der Waals surface area (Å²) >= 11 is 0. The summed E-state index contributed by atoms with van der Waals surface area (Å²) in [5.74, 6) is 0.945. The molecular weight excluding hydrogens is 476 g/mol. The molecule has 0 aliphatic carbocycles. The highest BCUT2D eigenvalue weighted by Gasteiger charge is 2.16. The van der Waals surface area contributed by atoms with Gasteiger partial charge in [0.05, 0.1) is 18.9 Å². The smallest absolute Gasteiger partial charge is 0.266 e. The van der Waals surface area contributed by atoms with Gasteiger partial charge >= 0.3 is 0 Å². The Kier molecular flexibility index (Phi) is 8.93. The molecule has 0 saturated heterocycles. The fourth-order valence-corrected chi connectivity index (χ4v) is 3.80. The Balaban J connectivity index is 1.67. The number of carbonyl (C=O) groups excluding carboxylic acids is 1. The molecule has 0 aliphatic heterocycles. The summed E-state index contributed by atoms with van der Waals surface area (Å²) in [6, 6.07) is 26.4. The average Bonchev–Trinajstić information content (AvgIpc) is 3.38. The van der Waals surface area contributed by atoms with Gasteiger partial charge < -0.3 is 14.8 Å². The number of unbranched alkanes of at least 4 members (excludes halogenated alkanes) is 1. The van der Waals surface area contributed by atoms with E-state index in [1.54, 1.807) is 35.0 Å². The molecule has 0 bridgehead atoms. The van der Waals surface area contributed by atoms with Crippen LogP contribution >= 0.6 is 0 Å². The Hall–Kier alpha value is -4.83. The van der Waals surface area contributed by atoms with E-state index in [0.29, 0.717) is 35.9 Å². The van der Waals surface area contributed by atoms with Gasteiger partial charge in [-0.15, -0.1) is 0 Å². The summed E-state index contributed by atoms with van der Waals surface area (Å²) in [5, 5.41) is 17.4. The van der Waals surface area contributed by atoms with Crippen molar-refractivity contribution in [3.63, 3.8) is 0 Å². The van der Waals surface area contributed by atoms with Gasteiger partial charge in [0.25, 0.3) is 5.91 Å². The topological polar surface area (TPSA) is 89.2 Å². The van der Waals surface area contributed by atoms with E-state index in [0.717, 1.165) is 29.8 Å². The number of benzene rings is 3. The van der Waals surface area contributed by atoms with E-state index in [-0.39, 0.29) is 5.57 Å². The molecule has 4 rings (SSSR count). The Bertz CT molecular complexity index is 1430. The van der Waals surface area contributed by atoms with Crippen molar-refractivity contribution in [2.24, 2.45) is 0 Å². The lowest BCUT2D eigenvalue weighted by Gasteiger charge is -2.08. The van der Waals surface area contributed by atoms with Gasteiger partial charge in [0.2, 0.25) is 0 Å². The highest BCUT2D eigenvalue weighted by Crippen LogP contribution is 2.29. The van der Waals surface area contributed by atoms with Crippen LogP contribution in [0, 0.1) is 11.3 Å². The molecule has 0 aliphatic rings. The summed E-state index contributed by atoms with van der Waals surface area (Å²) in [4.78, 5) is 13.0. The van der Waals surface area contributed by atoms with E-state index in [9.17, 15) is 10.1 Å². The van der Waals surface area contributed by atoms with Crippen LogP contribution in [-0.4, -0.2) is 28.9 Å². The molecule has 1 heterocycles. The van der Waals surface area contributed by atoms with Crippen LogP contribution in [-0.2, 0) is 4.79 Å². The number of ether oxygens (including phenoxy) is 2. The summed E-state index contributed by atoms with van der Waals surface area (Å²) in [6.07, 6.45) is 5.40. The minimum atomic E-state index is -0.508. The minimum absolute atomic E-state index is 0.0388. The van der Waals surface area contributed by atoms with Crippen LogP contribution in [0.3, 0.4) is 0 Å². The average molecular weight is 507 g/mol. The van der Waals surface area contributed by atoms with Gasteiger partial charge in [0.15, 0.2) is 0 Å². The predicted octanol–water partition coefficient (Wildman–Crippen LogP) is 6.66. The number of amides is 1. The number of hydrogen-bond acceptors (Lipinski definition) is 5. The molecule has 38 heavy (non-hydrogen) atoms. The molecule has 7 nitrogen and oxygen atoms in total. The number of hydrogen-bond donors (Lipinski definition) is 1. The first-order valence-corrected chi connectivity index (χ1v) is 12.7. The van der Waals surface area contributed by atoms with Gasteiger partial charge in [0, 0.05) is 23.0 Å². The van der Waals surface area contributed by atoms with Crippen molar-refractivity contribution in [1.29, 1.82) is 5.26 Å². The number of nitrogens with one attached hydrogen (secondary N) is 1. The fourth-order valence-electron chi connectivity index (χ4n) is 3.80. The maximum absolute atomic E-state index is 13.0. The lowest BCUT2D eigenvalue weighted by molar-refractivity contribution is -0.112. The van der Waals surface area contributed by atoms with Crippen molar-refractivity contribution in [2.75, 3.05) is 18.5 Å². The molecule has 1 N–H and O–H groups in total. The Morgan fingerprint density at radius 3 is 2.50 bits per heavy atom. The molecule has 7 heteroatoms. The van der Waals surface area contributed by atoms with E-state index >= 15 is 0 Å². The highest BCUT2D eigenvalue weighted by atomic mass is 16.5. The third kappa shape index (κ3) is 6.68. The molecule has 4 aromatic rings. The van der Waals surface area contributed by atoms with Crippen LogP contribution in [0.15, 0.2) is 90.6 Å². The van der Waals surface area contributed by atoms with Crippen molar-refractivity contribution in [3.05, 3.63) is 96.2 Å². The first kappa shape index (κ1) is 26.2. The molecule has 0 unspecified atom stereocenters. The number of carbonyl (C=O) groups is 1. The zero-order valence-electron chi connectivity index (χ0n) is 21.6. The van der Waals surface area contributed by atoms with Crippen LogP contribution in [0.5, 0.6) is 11.5 Å². The van der Waals surface area contributed by atoms with Gasteiger partial charge in [-0.3, -0.25) is 4.79 Å². The van der Waals surface area contributed by atoms with E-state index in [2.05, 4.69) is 12.2 Å². The molecule has 192 valence electrons. The van der Waals surface area contributed by atoms with Crippen LogP contribution in [0.2, 0.25) is 0 Å². The number of para-hydroxylation sites is 1. The van der Waals surface area contributed by atoms with E-state index in [1.165, 1.54) is 0 Å². The molecule has 1 aromatic heterocycles. The van der Waals surface area contributed by atoms with Crippen LogP contribution < -0.4 is 14.8 Å². The summed E-state index contributed by atoms with van der Waals surface area (Å²) < 4.78 is 13.1. The molecule has 1 amide bonds. The zero-order valence-corrected chi connectivity index (χ0v) is 21.6. The fraction of sp³-hybridized carbons (Fsp3) is 0.194. The largest absolute Gasteiger partial charge is 0.494 e. The van der Waals surface area contributed by atoms with Gasteiger partial charge in [-0.2, -0.15) is 10.4 Å². The van der Waals surface area contributed by atoms with Crippen molar-refractivity contribution in [1.82, 2.24) is 9.78 Å². The van der Waals surface area contributed by atoms with Crippen molar-refractivity contribution in [3.8, 4) is 34.5 Å². The molecule has 0 spiro atoms. The number of nitriles is 1. The van der Waals surface area contributed by atoms with Crippen LogP contribution in [0.1, 0.15) is 32.3 Å². The van der Waals surface area contributed by atoms with Crippen LogP contribution in [0.25, 0.3) is 23.0 Å². The Labute approximate surface area is 223 Å². The monoisotopic (exact) mass is 506 g/mol. The summed E-state index contributed by atoms with van der Waals surface area (Å²) in [5.41, 5.74) is 3.49. The second-order valence-electron chi connectivity index (χ2n) is 8.52. The molecule has 0 fully saturated rings. The number of anilines is 1. The third-order valence-electron chi connectivity index (χ3n) is 5.73. The summed E-state index contributed by atoms with van der Waals surface area (Å²) in [6.45, 7) is 5.21. The van der Waals surface area contributed by atoms with E-state index < -0.39 is 5.91 Å². The van der Waals surface area contributed by atoms with Gasteiger partial charge in [-0.05, 0) is 68.0 Å². The molecule has 0 saturated carbocycles. The Morgan fingerprint density at radius 2 is 1.79 bits per heavy atom. The van der Waals surface area contributed by atoms with Crippen molar-refractivity contribution >= 4 is 17.7 Å². The zero-order chi connectivity index (χ0) is 26.7. The van der Waals surface area contributed by atoms with Gasteiger partial charge in [-0.1, -0.05) is 43.7 Å². The number of aromatic nitrogens is 2. The van der Waals surface area contributed by atoms with Crippen molar-refractivity contribution in [2.45, 2.75) is 26.7 Å². The summed E-state index contributed by atoms with van der Waals surface area (Å²) in [7, 11) is 0. The molecule has 0 atom stereocenters.